The molecule has 2 aliphatic rings. The van der Waals surface area contributed by atoms with Gasteiger partial charge in [-0.25, -0.2) is 0 Å². The highest BCUT2D eigenvalue weighted by Gasteiger charge is 2.42. The predicted molar refractivity (Wildman–Crippen MR) is 84.0 cm³/mol. The zero-order valence-corrected chi connectivity index (χ0v) is 12.6. The lowest BCUT2D eigenvalue weighted by Gasteiger charge is -2.33. The van der Waals surface area contributed by atoms with Crippen molar-refractivity contribution >= 4 is 23.2 Å². The Bertz CT molecular complexity index is 680. The van der Waals surface area contributed by atoms with Crippen LogP contribution in [0.25, 0.3) is 0 Å². The molecule has 0 spiro atoms. The summed E-state index contributed by atoms with van der Waals surface area (Å²) in [5.74, 6) is -1.02. The van der Waals surface area contributed by atoms with Crippen molar-refractivity contribution in [1.82, 2.24) is 5.32 Å². The number of alkyl halides is 1. The molecule has 0 radical (unpaired) electrons. The molecular formula is C17H16ClNO3. The maximum Gasteiger partial charge on any atom is 0.173 e. The molecule has 0 unspecified atom stereocenters. The molecule has 22 heavy (non-hydrogen) atoms. The van der Waals surface area contributed by atoms with Gasteiger partial charge in [-0.3, -0.25) is 9.59 Å². The van der Waals surface area contributed by atoms with Crippen molar-refractivity contribution in [2.45, 2.75) is 6.10 Å². The van der Waals surface area contributed by atoms with Crippen molar-refractivity contribution in [2.24, 2.45) is 11.8 Å². The first-order valence-corrected chi connectivity index (χ1v) is 7.70. The topological polar surface area (TPSA) is 66.4 Å². The number of carbonyl (C=O) groups is 2. The zero-order chi connectivity index (χ0) is 15.7. The van der Waals surface area contributed by atoms with E-state index in [-0.39, 0.29) is 24.0 Å². The van der Waals surface area contributed by atoms with E-state index in [1.165, 1.54) is 0 Å². The van der Waals surface area contributed by atoms with Gasteiger partial charge in [0.05, 0.1) is 23.8 Å². The van der Waals surface area contributed by atoms with Crippen LogP contribution in [0.3, 0.4) is 0 Å². The summed E-state index contributed by atoms with van der Waals surface area (Å²) >= 11 is 5.58. The Hall–Kier alpha value is -1.91. The van der Waals surface area contributed by atoms with Gasteiger partial charge in [0.15, 0.2) is 11.6 Å². The smallest absolute Gasteiger partial charge is 0.173 e. The van der Waals surface area contributed by atoms with Gasteiger partial charge >= 0.3 is 0 Å². The van der Waals surface area contributed by atoms with Crippen LogP contribution in [0.4, 0.5) is 0 Å². The maximum absolute atomic E-state index is 12.8. The summed E-state index contributed by atoms with van der Waals surface area (Å²) in [6, 6.07) is 6.91. The molecule has 2 aliphatic carbocycles. The largest absolute Gasteiger partial charge is 0.390 e. The van der Waals surface area contributed by atoms with Crippen molar-refractivity contribution < 1.29 is 14.7 Å². The van der Waals surface area contributed by atoms with Crippen LogP contribution in [-0.2, 0) is 0 Å². The number of rotatable bonds is 4. The van der Waals surface area contributed by atoms with E-state index in [2.05, 4.69) is 5.32 Å². The summed E-state index contributed by atoms with van der Waals surface area (Å²) in [4.78, 5) is 25.4. The molecule has 3 rings (SSSR count). The predicted octanol–water partition coefficient (Wildman–Crippen LogP) is 1.94. The number of fused-ring (bicyclic) bond motifs is 2. The summed E-state index contributed by atoms with van der Waals surface area (Å²) in [6.45, 7) is 0.246. The normalized spacial score (nSPS) is 24.4. The third kappa shape index (κ3) is 2.49. The second-order valence-corrected chi connectivity index (χ2v) is 5.78. The number of halogens is 1. The molecule has 0 heterocycles. The highest BCUT2D eigenvalue weighted by Crippen LogP contribution is 2.36. The molecule has 0 aliphatic heterocycles. The van der Waals surface area contributed by atoms with Crippen LogP contribution in [0.1, 0.15) is 20.7 Å². The third-order valence-corrected chi connectivity index (χ3v) is 4.41. The summed E-state index contributed by atoms with van der Waals surface area (Å²) in [7, 11) is 0. The van der Waals surface area contributed by atoms with Crippen molar-refractivity contribution in [2.75, 3.05) is 12.4 Å². The van der Waals surface area contributed by atoms with Crippen LogP contribution >= 0.6 is 11.6 Å². The van der Waals surface area contributed by atoms with Gasteiger partial charge in [0.1, 0.15) is 0 Å². The molecule has 5 heteroatoms. The lowest BCUT2D eigenvalue weighted by molar-refractivity contribution is 0.0787. The number of aliphatic hydroxyl groups is 1. The Morgan fingerprint density at radius 3 is 2.55 bits per heavy atom. The average Bonchev–Trinajstić information content (AvgIpc) is 2.57. The van der Waals surface area contributed by atoms with Crippen LogP contribution in [0.2, 0.25) is 0 Å². The van der Waals surface area contributed by atoms with Gasteiger partial charge in [-0.15, -0.1) is 11.6 Å². The Kier molecular flexibility index (Phi) is 4.14. The van der Waals surface area contributed by atoms with Gasteiger partial charge in [0.25, 0.3) is 0 Å². The van der Waals surface area contributed by atoms with Crippen molar-refractivity contribution in [3.63, 3.8) is 0 Å². The van der Waals surface area contributed by atoms with Crippen LogP contribution in [-0.4, -0.2) is 35.2 Å². The number of benzene rings is 1. The van der Waals surface area contributed by atoms with Gasteiger partial charge in [0.2, 0.25) is 0 Å². The van der Waals surface area contributed by atoms with E-state index in [4.69, 9.17) is 11.6 Å². The van der Waals surface area contributed by atoms with E-state index in [0.717, 1.165) is 0 Å². The Balaban J connectivity index is 1.92. The first-order chi connectivity index (χ1) is 10.6. The zero-order valence-electron chi connectivity index (χ0n) is 11.8. The minimum atomic E-state index is -0.700. The molecule has 114 valence electrons. The molecule has 0 amide bonds. The summed E-state index contributed by atoms with van der Waals surface area (Å²) in [5, 5.41) is 12.6. The minimum Gasteiger partial charge on any atom is -0.390 e. The fourth-order valence-corrected chi connectivity index (χ4v) is 3.06. The fourth-order valence-electron chi connectivity index (χ4n) is 2.95. The molecule has 1 aromatic carbocycles. The molecule has 0 saturated carbocycles. The van der Waals surface area contributed by atoms with Gasteiger partial charge < -0.3 is 10.4 Å². The molecule has 4 nitrogen and oxygen atoms in total. The first-order valence-electron chi connectivity index (χ1n) is 7.17. The molecule has 1 aromatic rings. The summed E-state index contributed by atoms with van der Waals surface area (Å²) in [6.07, 6.45) is 4.62. The summed E-state index contributed by atoms with van der Waals surface area (Å²) < 4.78 is 0. The van der Waals surface area contributed by atoms with E-state index in [0.29, 0.717) is 16.8 Å². The number of Topliss-reactive ketones (excluding diaryl/α,β-unsaturated/α-hetero) is 2. The SMILES string of the molecule is O=C1c2ccccc2C(=O)[C@@H]2C=CC=C(NC[C@H](O)CCl)[C@@H]12. The molecule has 2 N–H and O–H groups in total. The number of ketones is 2. The molecule has 0 saturated heterocycles. The lowest BCUT2D eigenvalue weighted by Crippen LogP contribution is -2.42. The number of nitrogens with one attached hydrogen (secondary N) is 1. The quantitative estimate of drug-likeness (QED) is 0.833. The highest BCUT2D eigenvalue weighted by atomic mass is 35.5. The third-order valence-electron chi connectivity index (χ3n) is 4.05. The van der Waals surface area contributed by atoms with E-state index < -0.39 is 17.9 Å². The van der Waals surface area contributed by atoms with E-state index in [1.54, 1.807) is 42.5 Å². The van der Waals surface area contributed by atoms with E-state index in [1.807, 2.05) is 0 Å². The molecule has 0 fully saturated rings. The van der Waals surface area contributed by atoms with Crippen molar-refractivity contribution in [1.29, 1.82) is 0 Å². The van der Waals surface area contributed by atoms with Gasteiger partial charge in [0, 0.05) is 23.4 Å². The number of aliphatic hydroxyl groups excluding tert-OH is 1. The standard InChI is InChI=1S/C17H16ClNO3/c18-8-10(20)9-19-14-7-3-6-13-15(14)17(22)12-5-2-1-4-11(12)16(13)21/h1-7,10,13,15,19-20H,8-9H2/t10-,13-,15+/m1/s1. The van der Waals surface area contributed by atoms with Crippen LogP contribution in [0, 0.1) is 11.8 Å². The monoisotopic (exact) mass is 317 g/mol. The lowest BCUT2D eigenvalue weighted by atomic mass is 9.71. The second-order valence-electron chi connectivity index (χ2n) is 5.47. The highest BCUT2D eigenvalue weighted by molar-refractivity contribution is 6.18. The number of carbonyl (C=O) groups excluding carboxylic acids is 2. The van der Waals surface area contributed by atoms with Gasteiger partial charge in [-0.2, -0.15) is 0 Å². The summed E-state index contributed by atoms with van der Waals surface area (Å²) in [5.41, 5.74) is 1.61. The van der Waals surface area contributed by atoms with E-state index >= 15 is 0 Å². The first kappa shape index (κ1) is 15.0. The minimum absolute atomic E-state index is 0.0401. The van der Waals surface area contributed by atoms with Crippen LogP contribution in [0.15, 0.2) is 48.2 Å². The Morgan fingerprint density at radius 1 is 1.18 bits per heavy atom. The van der Waals surface area contributed by atoms with E-state index in [9.17, 15) is 14.7 Å². The van der Waals surface area contributed by atoms with Crippen LogP contribution in [0.5, 0.6) is 0 Å². The number of hydrogen-bond acceptors (Lipinski definition) is 4. The fraction of sp³-hybridized carbons (Fsp3) is 0.294. The van der Waals surface area contributed by atoms with Crippen LogP contribution < -0.4 is 5.32 Å². The van der Waals surface area contributed by atoms with Gasteiger partial charge in [-0.1, -0.05) is 36.4 Å². The van der Waals surface area contributed by atoms with Crippen molar-refractivity contribution in [3.05, 3.63) is 59.3 Å². The van der Waals surface area contributed by atoms with Gasteiger partial charge in [-0.05, 0) is 6.08 Å². The second kappa shape index (κ2) is 6.07. The number of hydrogen-bond donors (Lipinski definition) is 2. The number of allylic oxidation sites excluding steroid dienone is 4. The van der Waals surface area contributed by atoms with Crippen molar-refractivity contribution in [3.8, 4) is 0 Å². The molecule has 0 bridgehead atoms. The average molecular weight is 318 g/mol. The molecular weight excluding hydrogens is 302 g/mol. The maximum atomic E-state index is 12.8. The Labute approximate surface area is 133 Å². The molecule has 3 atom stereocenters. The molecule has 0 aromatic heterocycles. The Morgan fingerprint density at radius 2 is 1.86 bits per heavy atom.